The molecule has 150 valence electrons. The number of aryl methyl sites for hydroxylation is 1. The SMILES string of the molecule is CCN(CC)S(=O)(=O)c1ccc(C(=O)OC(C)C(=O)c2ccc(C)cc2)cc1. The average molecular weight is 404 g/mol. The predicted octanol–water partition coefficient (Wildman–Crippen LogP) is 3.45. The van der Waals surface area contributed by atoms with Crippen LogP contribution in [0.5, 0.6) is 0 Å². The van der Waals surface area contributed by atoms with E-state index in [1.54, 1.807) is 26.0 Å². The Morgan fingerprint density at radius 2 is 1.43 bits per heavy atom. The molecule has 0 aliphatic rings. The van der Waals surface area contributed by atoms with Gasteiger partial charge in [0.25, 0.3) is 0 Å². The lowest BCUT2D eigenvalue weighted by Gasteiger charge is -2.18. The van der Waals surface area contributed by atoms with Crippen LogP contribution in [0.3, 0.4) is 0 Å². The summed E-state index contributed by atoms with van der Waals surface area (Å²) in [5.74, 6) is -0.978. The molecule has 7 heteroatoms. The van der Waals surface area contributed by atoms with Gasteiger partial charge in [0, 0.05) is 18.7 Å². The van der Waals surface area contributed by atoms with Crippen LogP contribution in [0.2, 0.25) is 0 Å². The fraction of sp³-hybridized carbons (Fsp3) is 0.333. The number of hydrogen-bond acceptors (Lipinski definition) is 5. The average Bonchev–Trinajstić information content (AvgIpc) is 2.68. The number of esters is 1. The summed E-state index contributed by atoms with van der Waals surface area (Å²) in [6, 6.07) is 12.5. The number of Topliss-reactive ketones (excluding diaryl/α,β-unsaturated/α-hetero) is 1. The Morgan fingerprint density at radius 1 is 0.929 bits per heavy atom. The Balaban J connectivity index is 2.10. The van der Waals surface area contributed by atoms with Crippen LogP contribution in [0.15, 0.2) is 53.4 Å². The highest BCUT2D eigenvalue weighted by Gasteiger charge is 2.23. The summed E-state index contributed by atoms with van der Waals surface area (Å²) in [5.41, 5.74) is 1.68. The van der Waals surface area contributed by atoms with Crippen molar-refractivity contribution in [2.75, 3.05) is 13.1 Å². The van der Waals surface area contributed by atoms with Gasteiger partial charge in [-0.1, -0.05) is 43.7 Å². The number of ketones is 1. The molecule has 0 heterocycles. The molecule has 28 heavy (non-hydrogen) atoms. The Morgan fingerprint density at radius 3 is 1.93 bits per heavy atom. The number of sulfonamides is 1. The van der Waals surface area contributed by atoms with Gasteiger partial charge in [0.1, 0.15) is 0 Å². The maximum atomic E-state index is 12.5. The first-order valence-electron chi connectivity index (χ1n) is 9.12. The molecule has 0 fully saturated rings. The third-order valence-electron chi connectivity index (χ3n) is 4.42. The highest BCUT2D eigenvalue weighted by atomic mass is 32.2. The number of rotatable bonds is 8. The van der Waals surface area contributed by atoms with Crippen LogP contribution < -0.4 is 0 Å². The normalized spacial score (nSPS) is 12.6. The summed E-state index contributed by atoms with van der Waals surface area (Å²) in [5, 5.41) is 0. The van der Waals surface area contributed by atoms with Crippen molar-refractivity contribution in [2.45, 2.75) is 38.7 Å². The highest BCUT2D eigenvalue weighted by molar-refractivity contribution is 7.89. The first-order chi connectivity index (χ1) is 13.2. The zero-order valence-corrected chi connectivity index (χ0v) is 17.3. The molecule has 2 aromatic carbocycles. The van der Waals surface area contributed by atoms with Crippen molar-refractivity contribution in [1.82, 2.24) is 4.31 Å². The second-order valence-corrected chi connectivity index (χ2v) is 8.33. The lowest BCUT2D eigenvalue weighted by atomic mass is 10.1. The monoisotopic (exact) mass is 403 g/mol. The first-order valence-corrected chi connectivity index (χ1v) is 10.6. The van der Waals surface area contributed by atoms with E-state index in [0.29, 0.717) is 18.7 Å². The number of ether oxygens (including phenoxy) is 1. The quantitative estimate of drug-likeness (QED) is 0.498. The van der Waals surface area contributed by atoms with E-state index in [2.05, 4.69) is 0 Å². The van der Waals surface area contributed by atoms with Crippen LogP contribution in [-0.4, -0.2) is 43.7 Å². The van der Waals surface area contributed by atoms with Gasteiger partial charge < -0.3 is 4.74 Å². The fourth-order valence-electron chi connectivity index (χ4n) is 2.71. The Hall–Kier alpha value is -2.51. The van der Waals surface area contributed by atoms with Crippen molar-refractivity contribution in [3.05, 3.63) is 65.2 Å². The van der Waals surface area contributed by atoms with Crippen LogP contribution in [0.4, 0.5) is 0 Å². The minimum Gasteiger partial charge on any atom is -0.451 e. The van der Waals surface area contributed by atoms with Crippen LogP contribution >= 0.6 is 0 Å². The number of carbonyl (C=O) groups is 2. The third-order valence-corrected chi connectivity index (χ3v) is 6.49. The summed E-state index contributed by atoms with van der Waals surface area (Å²) in [4.78, 5) is 24.8. The first kappa shape index (κ1) is 21.8. The molecule has 1 atom stereocenters. The van der Waals surface area contributed by atoms with E-state index in [1.165, 1.54) is 35.5 Å². The summed E-state index contributed by atoms with van der Waals surface area (Å²) in [6.45, 7) is 7.68. The molecule has 0 aliphatic heterocycles. The zero-order valence-electron chi connectivity index (χ0n) is 16.5. The largest absolute Gasteiger partial charge is 0.451 e. The lowest BCUT2D eigenvalue weighted by molar-refractivity contribution is 0.0318. The van der Waals surface area contributed by atoms with Crippen molar-refractivity contribution in [3.63, 3.8) is 0 Å². The van der Waals surface area contributed by atoms with Crippen LogP contribution in [0.1, 0.15) is 47.1 Å². The van der Waals surface area contributed by atoms with Crippen molar-refractivity contribution in [1.29, 1.82) is 0 Å². The number of carbonyl (C=O) groups excluding carboxylic acids is 2. The minimum absolute atomic E-state index is 0.108. The number of nitrogens with zero attached hydrogens (tertiary/aromatic N) is 1. The molecule has 0 N–H and O–H groups in total. The van der Waals surface area contributed by atoms with Gasteiger partial charge in [-0.25, -0.2) is 13.2 Å². The predicted molar refractivity (Wildman–Crippen MR) is 107 cm³/mol. The van der Waals surface area contributed by atoms with Crippen molar-refractivity contribution < 1.29 is 22.7 Å². The molecule has 6 nitrogen and oxygen atoms in total. The standard InChI is InChI=1S/C21H25NO5S/c1-5-22(6-2)28(25,26)19-13-11-18(12-14-19)21(24)27-16(4)20(23)17-9-7-15(3)8-10-17/h7-14,16H,5-6H2,1-4H3. The van der Waals surface area contributed by atoms with Crippen molar-refractivity contribution in [2.24, 2.45) is 0 Å². The third kappa shape index (κ3) is 4.85. The fourth-order valence-corrected chi connectivity index (χ4v) is 4.17. The molecule has 0 spiro atoms. The maximum absolute atomic E-state index is 12.5. The minimum atomic E-state index is -3.59. The van der Waals surface area contributed by atoms with Crippen LogP contribution in [0, 0.1) is 6.92 Å². The van der Waals surface area contributed by atoms with E-state index in [0.717, 1.165) is 5.56 Å². The molecule has 2 rings (SSSR count). The summed E-state index contributed by atoms with van der Waals surface area (Å²) < 4.78 is 31.6. The van der Waals surface area contributed by atoms with Crippen LogP contribution in [-0.2, 0) is 14.8 Å². The molecule has 0 saturated carbocycles. The van der Waals surface area contributed by atoms with Gasteiger partial charge >= 0.3 is 5.97 Å². The molecule has 0 aromatic heterocycles. The zero-order chi connectivity index (χ0) is 20.9. The second kappa shape index (κ2) is 9.12. The van der Waals surface area contributed by atoms with E-state index in [4.69, 9.17) is 4.74 Å². The molecule has 0 bridgehead atoms. The van der Waals surface area contributed by atoms with Gasteiger partial charge in [0.05, 0.1) is 10.5 Å². The molecule has 2 aromatic rings. The molecule has 0 amide bonds. The van der Waals surface area contributed by atoms with E-state index in [1.807, 2.05) is 19.1 Å². The van der Waals surface area contributed by atoms with Crippen molar-refractivity contribution >= 4 is 21.8 Å². The molecule has 0 saturated heterocycles. The molecule has 0 aliphatic carbocycles. The summed E-state index contributed by atoms with van der Waals surface area (Å²) in [6.07, 6.45) is -0.950. The Labute approximate surface area is 166 Å². The molecular weight excluding hydrogens is 378 g/mol. The molecular formula is C21H25NO5S. The van der Waals surface area contributed by atoms with E-state index in [9.17, 15) is 18.0 Å². The number of benzene rings is 2. The van der Waals surface area contributed by atoms with Gasteiger partial charge in [-0.2, -0.15) is 4.31 Å². The summed E-state index contributed by atoms with van der Waals surface area (Å²) >= 11 is 0. The van der Waals surface area contributed by atoms with Crippen molar-refractivity contribution in [3.8, 4) is 0 Å². The van der Waals surface area contributed by atoms with E-state index >= 15 is 0 Å². The van der Waals surface area contributed by atoms with Crippen LogP contribution in [0.25, 0.3) is 0 Å². The van der Waals surface area contributed by atoms with Gasteiger partial charge in [-0.3, -0.25) is 4.79 Å². The highest BCUT2D eigenvalue weighted by Crippen LogP contribution is 2.17. The van der Waals surface area contributed by atoms with Gasteiger partial charge in [0.2, 0.25) is 15.8 Å². The van der Waals surface area contributed by atoms with E-state index < -0.39 is 22.1 Å². The Bertz CT molecular complexity index is 930. The smallest absolute Gasteiger partial charge is 0.338 e. The van der Waals surface area contributed by atoms with Gasteiger partial charge in [-0.05, 0) is 38.1 Å². The van der Waals surface area contributed by atoms with E-state index in [-0.39, 0.29) is 16.2 Å². The Kier molecular flexibility index (Phi) is 7.10. The molecule has 0 radical (unpaired) electrons. The lowest BCUT2D eigenvalue weighted by Crippen LogP contribution is -2.30. The number of hydrogen-bond donors (Lipinski definition) is 0. The van der Waals surface area contributed by atoms with Gasteiger partial charge in [0.15, 0.2) is 6.10 Å². The topological polar surface area (TPSA) is 80.8 Å². The maximum Gasteiger partial charge on any atom is 0.338 e. The molecule has 1 unspecified atom stereocenters. The second-order valence-electron chi connectivity index (χ2n) is 6.39. The summed E-state index contributed by atoms with van der Waals surface area (Å²) in [7, 11) is -3.59. The van der Waals surface area contributed by atoms with Gasteiger partial charge in [-0.15, -0.1) is 0 Å².